The molecule has 2 aromatic heterocycles. The molecule has 2 aromatic carbocycles. The van der Waals surface area contributed by atoms with Crippen LogP contribution in [0.4, 0.5) is 16.2 Å². The van der Waals surface area contributed by atoms with Crippen LogP contribution in [0.5, 0.6) is 5.75 Å². The Bertz CT molecular complexity index is 1570. The van der Waals surface area contributed by atoms with Gasteiger partial charge >= 0.3 is 12.0 Å². The van der Waals surface area contributed by atoms with Crippen LogP contribution in [0.15, 0.2) is 65.7 Å². The van der Waals surface area contributed by atoms with Gasteiger partial charge in [0.25, 0.3) is 5.56 Å². The van der Waals surface area contributed by atoms with E-state index in [1.807, 2.05) is 0 Å². The van der Waals surface area contributed by atoms with E-state index in [9.17, 15) is 24.6 Å². The van der Waals surface area contributed by atoms with Gasteiger partial charge < -0.3 is 20.8 Å². The van der Waals surface area contributed by atoms with E-state index in [4.69, 9.17) is 23.2 Å². The van der Waals surface area contributed by atoms with Gasteiger partial charge in [-0.15, -0.1) is 0 Å². The molecule has 4 aromatic rings. The van der Waals surface area contributed by atoms with Crippen molar-refractivity contribution < 1.29 is 19.8 Å². The number of nitrogens with one attached hydrogen (secondary N) is 2. The first-order valence-electron chi connectivity index (χ1n) is 10.8. The summed E-state index contributed by atoms with van der Waals surface area (Å²) in [4.78, 5) is 41.1. The quantitative estimate of drug-likeness (QED) is 0.258. The number of rotatable bonds is 6. The Balaban J connectivity index is 1.72. The molecule has 0 fully saturated rings. The third kappa shape index (κ3) is 5.40. The van der Waals surface area contributed by atoms with Crippen LogP contribution < -0.4 is 16.2 Å². The molecule has 4 N–H and O–H groups in total. The molecule has 0 aliphatic carbocycles. The van der Waals surface area contributed by atoms with E-state index in [1.165, 1.54) is 29.2 Å². The van der Waals surface area contributed by atoms with Crippen molar-refractivity contribution in [2.45, 2.75) is 13.5 Å². The second-order valence-electron chi connectivity index (χ2n) is 7.71. The Morgan fingerprint density at radius 3 is 2.35 bits per heavy atom. The Kier molecular flexibility index (Phi) is 7.42. The highest BCUT2D eigenvalue weighted by atomic mass is 35.5. The molecule has 12 heteroatoms. The van der Waals surface area contributed by atoms with Crippen molar-refractivity contribution in [2.75, 3.05) is 10.6 Å². The fourth-order valence-electron chi connectivity index (χ4n) is 3.64. The minimum absolute atomic E-state index is 0.0559. The number of urea groups is 1. The number of hydrogen-bond donors (Lipinski definition) is 4. The molecule has 4 rings (SSSR count). The molecule has 0 spiro atoms. The largest absolute Gasteiger partial charge is 0.507 e. The van der Waals surface area contributed by atoms with E-state index in [2.05, 4.69) is 20.7 Å². The summed E-state index contributed by atoms with van der Waals surface area (Å²) in [7, 11) is 0. The number of benzene rings is 2. The molecule has 37 heavy (non-hydrogen) atoms. The van der Waals surface area contributed by atoms with Gasteiger partial charge in [-0.25, -0.2) is 14.3 Å². The van der Waals surface area contributed by atoms with Crippen LogP contribution in [0.25, 0.3) is 22.4 Å². The van der Waals surface area contributed by atoms with Crippen molar-refractivity contribution in [3.05, 3.63) is 86.9 Å². The maximum atomic E-state index is 12.9. The zero-order valence-corrected chi connectivity index (χ0v) is 20.7. The molecule has 0 atom stereocenters. The zero-order chi connectivity index (χ0) is 26.7. The summed E-state index contributed by atoms with van der Waals surface area (Å²) in [5.74, 6) is -1.64. The number of aromatic hydroxyl groups is 1. The van der Waals surface area contributed by atoms with Gasteiger partial charge in [0.05, 0.1) is 21.4 Å². The summed E-state index contributed by atoms with van der Waals surface area (Å²) >= 11 is 12.1. The van der Waals surface area contributed by atoms with Gasteiger partial charge in [-0.05, 0) is 36.2 Å². The second-order valence-corrected chi connectivity index (χ2v) is 8.52. The van der Waals surface area contributed by atoms with E-state index >= 15 is 0 Å². The number of aryl methyl sites for hydroxylation is 1. The lowest BCUT2D eigenvalue weighted by molar-refractivity contribution is 0.0694. The van der Waals surface area contributed by atoms with Gasteiger partial charge in [0.1, 0.15) is 17.0 Å². The van der Waals surface area contributed by atoms with E-state index in [-0.39, 0.29) is 39.3 Å². The molecule has 2 amide bonds. The number of carboxylic acid groups (broad SMARTS) is 1. The van der Waals surface area contributed by atoms with Gasteiger partial charge in [-0.1, -0.05) is 53.5 Å². The highest BCUT2D eigenvalue weighted by Crippen LogP contribution is 2.33. The summed E-state index contributed by atoms with van der Waals surface area (Å²) < 4.78 is 1.18. The number of aromatic nitrogens is 3. The molecule has 0 aliphatic rings. The minimum Gasteiger partial charge on any atom is -0.507 e. The lowest BCUT2D eigenvalue weighted by Crippen LogP contribution is -2.29. The minimum atomic E-state index is -1.27. The van der Waals surface area contributed by atoms with Crippen LogP contribution >= 0.6 is 23.2 Å². The van der Waals surface area contributed by atoms with Gasteiger partial charge in [-0.2, -0.15) is 5.10 Å². The van der Waals surface area contributed by atoms with E-state index in [0.29, 0.717) is 22.4 Å². The average Bonchev–Trinajstić information content (AvgIpc) is 2.87. The van der Waals surface area contributed by atoms with Crippen LogP contribution in [0.3, 0.4) is 0 Å². The standard InChI is InChI=1S/C25H19Cl2N5O5/c1-2-32-23(34)19(29-25(37)30-22-16(26)11-28-12-17(22)27)10-18(31-32)14-6-3-5-13(9-14)15-7-4-8-20(33)21(15)24(35)36/h3-12,33H,2H2,1H3,(H,35,36)(H2,28,29,30,37). The van der Waals surface area contributed by atoms with Crippen molar-refractivity contribution in [3.63, 3.8) is 0 Å². The highest BCUT2D eigenvalue weighted by molar-refractivity contribution is 6.39. The van der Waals surface area contributed by atoms with Crippen molar-refractivity contribution in [1.29, 1.82) is 0 Å². The zero-order valence-electron chi connectivity index (χ0n) is 19.2. The summed E-state index contributed by atoms with van der Waals surface area (Å²) in [6.45, 7) is 1.95. The summed E-state index contributed by atoms with van der Waals surface area (Å²) in [6.07, 6.45) is 2.62. The molecular weight excluding hydrogens is 521 g/mol. The normalized spacial score (nSPS) is 10.7. The molecule has 188 valence electrons. The summed E-state index contributed by atoms with van der Waals surface area (Å²) in [5, 5.41) is 29.3. The average molecular weight is 540 g/mol. The van der Waals surface area contributed by atoms with Gasteiger partial charge in [0, 0.05) is 24.5 Å². The van der Waals surface area contributed by atoms with Gasteiger partial charge in [0.15, 0.2) is 0 Å². The van der Waals surface area contributed by atoms with Crippen molar-refractivity contribution in [2.24, 2.45) is 0 Å². The van der Waals surface area contributed by atoms with Gasteiger partial charge in [-0.3, -0.25) is 9.78 Å². The molecule has 0 radical (unpaired) electrons. The maximum absolute atomic E-state index is 12.9. The summed E-state index contributed by atoms with van der Waals surface area (Å²) in [5.41, 5.74) is 1.01. The molecule has 0 saturated heterocycles. The fourth-order valence-corrected chi connectivity index (χ4v) is 4.10. The summed E-state index contributed by atoms with van der Waals surface area (Å²) in [6, 6.07) is 11.8. The first-order valence-corrected chi connectivity index (χ1v) is 11.6. The number of aromatic carboxylic acids is 1. The number of carbonyl (C=O) groups excluding carboxylic acids is 1. The molecule has 2 heterocycles. The number of nitrogens with zero attached hydrogens (tertiary/aromatic N) is 3. The lowest BCUT2D eigenvalue weighted by Gasteiger charge is -2.13. The van der Waals surface area contributed by atoms with E-state index in [0.717, 1.165) is 0 Å². The first-order chi connectivity index (χ1) is 17.7. The molecule has 0 saturated carbocycles. The SMILES string of the molecule is CCn1nc(-c2cccc(-c3cccc(O)c3C(=O)O)c2)cc(NC(=O)Nc2c(Cl)cncc2Cl)c1=O. The third-order valence-electron chi connectivity index (χ3n) is 5.34. The Morgan fingerprint density at radius 1 is 1.00 bits per heavy atom. The van der Waals surface area contributed by atoms with Crippen molar-refractivity contribution in [1.82, 2.24) is 14.8 Å². The smallest absolute Gasteiger partial charge is 0.340 e. The number of anilines is 2. The molecule has 0 unspecified atom stereocenters. The monoisotopic (exact) mass is 539 g/mol. The van der Waals surface area contributed by atoms with Crippen molar-refractivity contribution in [3.8, 4) is 28.1 Å². The fraction of sp³-hybridized carbons (Fsp3) is 0.0800. The number of pyridine rings is 1. The van der Waals surface area contributed by atoms with Crippen LogP contribution in [0.1, 0.15) is 17.3 Å². The van der Waals surface area contributed by atoms with E-state index in [1.54, 1.807) is 43.3 Å². The number of carbonyl (C=O) groups is 2. The van der Waals surface area contributed by atoms with Gasteiger partial charge in [0.2, 0.25) is 0 Å². The number of amides is 2. The molecule has 10 nitrogen and oxygen atoms in total. The topological polar surface area (TPSA) is 146 Å². The predicted octanol–water partition coefficient (Wildman–Crippen LogP) is 5.35. The van der Waals surface area contributed by atoms with Crippen molar-refractivity contribution >= 4 is 46.6 Å². The second kappa shape index (κ2) is 10.7. The molecular formula is C25H19Cl2N5O5. The first kappa shape index (κ1) is 25.7. The van der Waals surface area contributed by atoms with E-state index < -0.39 is 17.6 Å². The Labute approximate surface area is 220 Å². The van der Waals surface area contributed by atoms with Crippen LogP contribution in [0, 0.1) is 0 Å². The van der Waals surface area contributed by atoms with Crippen LogP contribution in [-0.4, -0.2) is 37.0 Å². The number of phenols is 1. The predicted molar refractivity (Wildman–Crippen MR) is 141 cm³/mol. The molecule has 0 aliphatic heterocycles. The van der Waals surface area contributed by atoms with Crippen LogP contribution in [0.2, 0.25) is 10.0 Å². The number of carboxylic acids is 1. The highest BCUT2D eigenvalue weighted by Gasteiger charge is 2.18. The third-order valence-corrected chi connectivity index (χ3v) is 5.91. The lowest BCUT2D eigenvalue weighted by atomic mass is 9.96. The maximum Gasteiger partial charge on any atom is 0.340 e. The Hall–Kier alpha value is -4.41. The number of hydrogen-bond acceptors (Lipinski definition) is 6. The Morgan fingerprint density at radius 2 is 1.68 bits per heavy atom. The molecule has 0 bridgehead atoms. The van der Waals surface area contributed by atoms with Crippen LogP contribution in [-0.2, 0) is 6.54 Å². The number of halogens is 2.